The van der Waals surface area contributed by atoms with Crippen LogP contribution in [0.25, 0.3) is 0 Å². The standard InChI is InChI=1S/C16H32N2.C3H6O.CH5N/c1-4-14(2)13-17-9-11-18(12-10-17)16-7-5-15(3)6-8-16;1-3(2)4;1-2/h14-16H,4-13H2,1-3H3;1-2H3;2H2,1H3. The van der Waals surface area contributed by atoms with Crippen LogP contribution in [0.2, 0.25) is 0 Å². The Labute approximate surface area is 151 Å². The van der Waals surface area contributed by atoms with Gasteiger partial charge < -0.3 is 15.4 Å². The molecule has 2 fully saturated rings. The smallest absolute Gasteiger partial charge is 0.126 e. The first-order valence-electron chi connectivity index (χ1n) is 9.93. The molecule has 24 heavy (non-hydrogen) atoms. The zero-order valence-corrected chi connectivity index (χ0v) is 17.2. The van der Waals surface area contributed by atoms with Crippen molar-refractivity contribution in [1.82, 2.24) is 9.80 Å². The lowest BCUT2D eigenvalue weighted by Gasteiger charge is -2.42. The maximum absolute atomic E-state index is 9.44. The fraction of sp³-hybridized carbons (Fsp3) is 0.950. The van der Waals surface area contributed by atoms with Gasteiger partial charge in [-0.15, -0.1) is 0 Å². The molecular weight excluding hydrogens is 298 g/mol. The topological polar surface area (TPSA) is 49.6 Å². The molecule has 144 valence electrons. The quantitative estimate of drug-likeness (QED) is 0.851. The van der Waals surface area contributed by atoms with E-state index < -0.39 is 0 Å². The fourth-order valence-electron chi connectivity index (χ4n) is 3.49. The molecule has 0 bridgehead atoms. The van der Waals surface area contributed by atoms with Crippen molar-refractivity contribution in [3.63, 3.8) is 0 Å². The van der Waals surface area contributed by atoms with E-state index in [4.69, 9.17) is 0 Å². The first-order valence-corrected chi connectivity index (χ1v) is 9.93. The van der Waals surface area contributed by atoms with Gasteiger partial charge in [0.2, 0.25) is 0 Å². The molecule has 4 nitrogen and oxygen atoms in total. The van der Waals surface area contributed by atoms with Crippen molar-refractivity contribution in [3.8, 4) is 0 Å². The molecular formula is C20H43N3O. The summed E-state index contributed by atoms with van der Waals surface area (Å²) in [6.07, 6.45) is 7.13. The first kappa shape index (κ1) is 23.5. The predicted octanol–water partition coefficient (Wildman–Crippen LogP) is 3.40. The van der Waals surface area contributed by atoms with E-state index in [1.165, 1.54) is 85.7 Å². The zero-order chi connectivity index (χ0) is 18.5. The number of nitrogens with zero attached hydrogens (tertiary/aromatic N) is 2. The Bertz CT molecular complexity index is 302. The molecule has 4 heteroatoms. The van der Waals surface area contributed by atoms with Crippen LogP contribution in [-0.4, -0.2) is 61.4 Å². The number of carbonyl (C=O) groups excluding carboxylic acids is 1. The summed E-state index contributed by atoms with van der Waals surface area (Å²) in [5.74, 6) is 2.01. The average Bonchev–Trinajstić information content (AvgIpc) is 2.57. The van der Waals surface area contributed by atoms with Crippen LogP contribution < -0.4 is 5.73 Å². The Kier molecular flexibility index (Phi) is 13.5. The number of rotatable bonds is 4. The summed E-state index contributed by atoms with van der Waals surface area (Å²) in [4.78, 5) is 14.9. The highest BCUT2D eigenvalue weighted by molar-refractivity contribution is 5.72. The van der Waals surface area contributed by atoms with Crippen molar-refractivity contribution in [2.75, 3.05) is 39.8 Å². The molecule has 0 radical (unpaired) electrons. The number of Topliss-reactive ketones (excluding diaryl/α,β-unsaturated/α-hetero) is 1. The van der Waals surface area contributed by atoms with Crippen molar-refractivity contribution in [2.24, 2.45) is 17.6 Å². The second kappa shape index (κ2) is 13.8. The lowest BCUT2D eigenvalue weighted by Crippen LogP contribution is -2.51. The second-order valence-electron chi connectivity index (χ2n) is 7.67. The normalized spacial score (nSPS) is 26.5. The van der Waals surface area contributed by atoms with Crippen LogP contribution in [0.4, 0.5) is 0 Å². The number of carbonyl (C=O) groups is 1. The Morgan fingerprint density at radius 3 is 1.92 bits per heavy atom. The highest BCUT2D eigenvalue weighted by Gasteiger charge is 2.27. The van der Waals surface area contributed by atoms with Crippen LogP contribution in [0.15, 0.2) is 0 Å². The fourth-order valence-corrected chi connectivity index (χ4v) is 3.49. The summed E-state index contributed by atoms with van der Waals surface area (Å²) in [7, 11) is 1.50. The van der Waals surface area contributed by atoms with E-state index >= 15 is 0 Å². The van der Waals surface area contributed by atoms with Gasteiger partial charge in [0.1, 0.15) is 5.78 Å². The maximum Gasteiger partial charge on any atom is 0.126 e. The average molecular weight is 342 g/mol. The Morgan fingerprint density at radius 2 is 1.50 bits per heavy atom. The Balaban J connectivity index is 0.000000773. The summed E-state index contributed by atoms with van der Waals surface area (Å²) in [6.45, 7) is 16.7. The maximum atomic E-state index is 9.44. The van der Waals surface area contributed by atoms with Gasteiger partial charge in [0.05, 0.1) is 0 Å². The molecule has 0 aromatic rings. The Morgan fingerprint density at radius 1 is 1.04 bits per heavy atom. The first-order chi connectivity index (χ1) is 11.4. The number of hydrogen-bond donors (Lipinski definition) is 1. The molecule has 2 rings (SSSR count). The summed E-state index contributed by atoms with van der Waals surface area (Å²) in [5, 5.41) is 0. The van der Waals surface area contributed by atoms with Crippen LogP contribution >= 0.6 is 0 Å². The second-order valence-corrected chi connectivity index (χ2v) is 7.67. The molecule has 0 amide bonds. The van der Waals surface area contributed by atoms with Crippen molar-refractivity contribution in [2.45, 2.75) is 72.8 Å². The molecule has 1 atom stereocenters. The van der Waals surface area contributed by atoms with E-state index in [2.05, 4.69) is 36.3 Å². The van der Waals surface area contributed by atoms with Crippen LogP contribution in [0.5, 0.6) is 0 Å². The zero-order valence-electron chi connectivity index (χ0n) is 17.2. The van der Waals surface area contributed by atoms with E-state index in [9.17, 15) is 4.79 Å². The minimum absolute atomic E-state index is 0.167. The van der Waals surface area contributed by atoms with Crippen molar-refractivity contribution in [3.05, 3.63) is 0 Å². The molecule has 0 spiro atoms. The SMILES string of the molecule is CC(C)=O.CCC(C)CN1CCN(C2CCC(C)CC2)CC1.CN. The third-order valence-electron chi connectivity index (χ3n) is 5.18. The van der Waals surface area contributed by atoms with Crippen LogP contribution in [-0.2, 0) is 4.79 Å². The molecule has 1 saturated carbocycles. The van der Waals surface area contributed by atoms with Crippen molar-refractivity contribution >= 4 is 5.78 Å². The number of ketones is 1. The van der Waals surface area contributed by atoms with Gasteiger partial charge in [0.15, 0.2) is 0 Å². The van der Waals surface area contributed by atoms with E-state index in [-0.39, 0.29) is 5.78 Å². The van der Waals surface area contributed by atoms with Crippen LogP contribution in [0.3, 0.4) is 0 Å². The minimum atomic E-state index is 0.167. The number of piperazine rings is 1. The van der Waals surface area contributed by atoms with Crippen LogP contribution in [0.1, 0.15) is 66.7 Å². The molecule has 1 saturated heterocycles. The molecule has 0 aromatic heterocycles. The summed E-state index contributed by atoms with van der Waals surface area (Å²) >= 11 is 0. The lowest BCUT2D eigenvalue weighted by atomic mass is 9.86. The van der Waals surface area contributed by atoms with Gasteiger partial charge >= 0.3 is 0 Å². The largest absolute Gasteiger partial charge is 0.333 e. The van der Waals surface area contributed by atoms with E-state index in [0.717, 1.165) is 17.9 Å². The van der Waals surface area contributed by atoms with Gasteiger partial charge in [0.25, 0.3) is 0 Å². The summed E-state index contributed by atoms with van der Waals surface area (Å²) in [6, 6.07) is 0.909. The highest BCUT2D eigenvalue weighted by atomic mass is 16.1. The monoisotopic (exact) mass is 341 g/mol. The molecule has 2 N–H and O–H groups in total. The van der Waals surface area contributed by atoms with Gasteiger partial charge in [-0.25, -0.2) is 0 Å². The van der Waals surface area contributed by atoms with E-state index in [1.54, 1.807) is 0 Å². The van der Waals surface area contributed by atoms with Gasteiger partial charge in [-0.3, -0.25) is 4.90 Å². The predicted molar refractivity (Wildman–Crippen MR) is 105 cm³/mol. The molecule has 1 aliphatic carbocycles. The highest BCUT2D eigenvalue weighted by Crippen LogP contribution is 2.27. The summed E-state index contributed by atoms with van der Waals surface area (Å²) in [5.41, 5.74) is 4.50. The van der Waals surface area contributed by atoms with Crippen LogP contribution in [0, 0.1) is 11.8 Å². The minimum Gasteiger partial charge on any atom is -0.333 e. The molecule has 1 aliphatic heterocycles. The van der Waals surface area contributed by atoms with E-state index in [1.807, 2.05) is 0 Å². The van der Waals surface area contributed by atoms with Crippen molar-refractivity contribution in [1.29, 1.82) is 0 Å². The molecule has 1 unspecified atom stereocenters. The van der Waals surface area contributed by atoms with E-state index in [0.29, 0.717) is 0 Å². The van der Waals surface area contributed by atoms with Gasteiger partial charge in [-0.05, 0) is 58.4 Å². The molecule has 1 heterocycles. The number of hydrogen-bond acceptors (Lipinski definition) is 4. The summed E-state index contributed by atoms with van der Waals surface area (Å²) < 4.78 is 0. The molecule has 0 aromatic carbocycles. The van der Waals surface area contributed by atoms with Gasteiger partial charge in [0, 0.05) is 38.8 Å². The van der Waals surface area contributed by atoms with Gasteiger partial charge in [-0.2, -0.15) is 0 Å². The lowest BCUT2D eigenvalue weighted by molar-refractivity contribution is -0.114. The van der Waals surface area contributed by atoms with Gasteiger partial charge in [-0.1, -0.05) is 27.2 Å². The Hall–Kier alpha value is -0.450. The third-order valence-corrected chi connectivity index (χ3v) is 5.18. The van der Waals surface area contributed by atoms with Crippen molar-refractivity contribution < 1.29 is 4.79 Å². The number of nitrogens with two attached hydrogens (primary N) is 1. The molecule has 2 aliphatic rings. The third kappa shape index (κ3) is 10.4.